The fraction of sp³-hybridized carbons (Fsp3) is 0.423. The summed E-state index contributed by atoms with van der Waals surface area (Å²) in [6.45, 7) is 5.89. The molecule has 4 rings (SSSR count). The number of fused-ring (bicyclic) bond motifs is 2. The summed E-state index contributed by atoms with van der Waals surface area (Å²) in [5.41, 5.74) is 2.41. The number of rotatable bonds is 8. The van der Waals surface area contributed by atoms with Gasteiger partial charge < -0.3 is 19.9 Å². The lowest BCUT2D eigenvalue weighted by atomic mass is 10.0. The molecule has 2 aliphatic rings. The number of ether oxygens (including phenoxy) is 1. The Kier molecular flexibility index (Phi) is 7.08. The summed E-state index contributed by atoms with van der Waals surface area (Å²) in [5, 5.41) is 2.95. The van der Waals surface area contributed by atoms with E-state index in [4.69, 9.17) is 4.74 Å². The molecule has 1 saturated heterocycles. The zero-order valence-corrected chi connectivity index (χ0v) is 19.3. The van der Waals surface area contributed by atoms with Crippen molar-refractivity contribution in [2.24, 2.45) is 0 Å². The van der Waals surface area contributed by atoms with Gasteiger partial charge in [0.2, 0.25) is 5.91 Å². The first kappa shape index (κ1) is 23.0. The molecule has 0 saturated carbocycles. The predicted molar refractivity (Wildman–Crippen MR) is 126 cm³/mol. The number of carbonyl (C=O) groups is 3. The van der Waals surface area contributed by atoms with Gasteiger partial charge in [0.15, 0.2) is 0 Å². The van der Waals surface area contributed by atoms with Gasteiger partial charge in [0, 0.05) is 25.3 Å². The van der Waals surface area contributed by atoms with Crippen LogP contribution in [-0.4, -0.2) is 54.5 Å². The number of hydrogen-bond acceptors (Lipinski definition) is 4. The number of hydrogen-bond donors (Lipinski definition) is 1. The summed E-state index contributed by atoms with van der Waals surface area (Å²) in [7, 11) is 0. The Hall–Kier alpha value is -3.19. The van der Waals surface area contributed by atoms with E-state index < -0.39 is 6.04 Å². The van der Waals surface area contributed by atoms with E-state index in [-0.39, 0.29) is 30.4 Å². The minimum Gasteiger partial charge on any atom is -0.379 e. The van der Waals surface area contributed by atoms with Crippen LogP contribution in [0.15, 0.2) is 48.5 Å². The molecule has 1 N–H and O–H groups in total. The van der Waals surface area contributed by atoms with Crippen molar-refractivity contribution in [2.45, 2.75) is 51.8 Å². The molecule has 7 nitrogen and oxygen atoms in total. The largest absolute Gasteiger partial charge is 0.379 e. The van der Waals surface area contributed by atoms with Gasteiger partial charge in [-0.15, -0.1) is 0 Å². The second kappa shape index (κ2) is 10.2. The first-order valence-electron chi connectivity index (χ1n) is 11.7. The van der Waals surface area contributed by atoms with Crippen molar-refractivity contribution in [3.63, 3.8) is 0 Å². The monoisotopic (exact) mass is 449 g/mol. The number of para-hydroxylation sites is 1. The molecule has 2 aliphatic heterocycles. The normalized spacial score (nSPS) is 17.7. The average Bonchev–Trinajstić information content (AvgIpc) is 3.29. The predicted octanol–water partition coefficient (Wildman–Crippen LogP) is 3.38. The molecule has 2 heterocycles. The Bertz CT molecular complexity index is 1040. The third-order valence-electron chi connectivity index (χ3n) is 6.14. The van der Waals surface area contributed by atoms with Gasteiger partial charge in [0.05, 0.1) is 23.9 Å². The second-order valence-corrected chi connectivity index (χ2v) is 8.78. The third kappa shape index (κ3) is 4.93. The maximum atomic E-state index is 13.5. The van der Waals surface area contributed by atoms with Gasteiger partial charge in [0.1, 0.15) is 6.04 Å². The third-order valence-corrected chi connectivity index (χ3v) is 6.14. The maximum Gasteiger partial charge on any atom is 0.256 e. The smallest absolute Gasteiger partial charge is 0.256 e. The first-order chi connectivity index (χ1) is 16.0. The molecule has 0 spiro atoms. The highest BCUT2D eigenvalue weighted by molar-refractivity contribution is 6.11. The molecule has 1 fully saturated rings. The first-order valence-corrected chi connectivity index (χ1v) is 11.7. The molecule has 0 bridgehead atoms. The van der Waals surface area contributed by atoms with Crippen LogP contribution in [0.5, 0.6) is 0 Å². The summed E-state index contributed by atoms with van der Waals surface area (Å²) in [4.78, 5) is 42.9. The molecule has 0 radical (unpaired) electrons. The number of nitrogens with zero attached hydrogens (tertiary/aromatic N) is 2. The van der Waals surface area contributed by atoms with E-state index in [0.717, 1.165) is 18.4 Å². The zero-order valence-electron chi connectivity index (χ0n) is 19.3. The minimum absolute atomic E-state index is 0.0909. The molecule has 1 atom stereocenters. The summed E-state index contributed by atoms with van der Waals surface area (Å²) < 4.78 is 5.53. The van der Waals surface area contributed by atoms with E-state index in [9.17, 15) is 14.4 Å². The van der Waals surface area contributed by atoms with Crippen molar-refractivity contribution in [1.29, 1.82) is 0 Å². The van der Waals surface area contributed by atoms with Gasteiger partial charge in [-0.1, -0.05) is 30.3 Å². The van der Waals surface area contributed by atoms with E-state index >= 15 is 0 Å². The van der Waals surface area contributed by atoms with Gasteiger partial charge >= 0.3 is 0 Å². The second-order valence-electron chi connectivity index (χ2n) is 8.78. The molecule has 33 heavy (non-hydrogen) atoms. The molecule has 0 aromatic heterocycles. The quantitative estimate of drug-likeness (QED) is 0.627. The van der Waals surface area contributed by atoms with E-state index in [0.29, 0.717) is 42.9 Å². The van der Waals surface area contributed by atoms with Gasteiger partial charge in [-0.2, -0.15) is 0 Å². The van der Waals surface area contributed by atoms with Crippen molar-refractivity contribution in [3.05, 3.63) is 65.2 Å². The lowest BCUT2D eigenvalue weighted by molar-refractivity contribution is -0.122. The topological polar surface area (TPSA) is 79.0 Å². The van der Waals surface area contributed by atoms with E-state index in [1.165, 1.54) is 0 Å². The molecule has 7 heteroatoms. The van der Waals surface area contributed by atoms with Gasteiger partial charge in [-0.3, -0.25) is 14.4 Å². The summed E-state index contributed by atoms with van der Waals surface area (Å²) >= 11 is 0. The Morgan fingerprint density at radius 2 is 1.88 bits per heavy atom. The zero-order chi connectivity index (χ0) is 23.4. The highest BCUT2D eigenvalue weighted by Gasteiger charge is 2.42. The van der Waals surface area contributed by atoms with Crippen molar-refractivity contribution in [2.75, 3.05) is 24.6 Å². The molecular formula is C26H31N3O4. The Balaban J connectivity index is 1.56. The van der Waals surface area contributed by atoms with E-state index in [2.05, 4.69) is 5.32 Å². The van der Waals surface area contributed by atoms with Crippen LogP contribution in [0.2, 0.25) is 0 Å². The molecule has 2 aromatic rings. The number of amides is 3. The van der Waals surface area contributed by atoms with Crippen LogP contribution >= 0.6 is 0 Å². The lowest BCUT2D eigenvalue weighted by Gasteiger charge is -2.26. The Labute approximate surface area is 194 Å². The van der Waals surface area contributed by atoms with Crippen molar-refractivity contribution in [1.82, 2.24) is 10.2 Å². The Morgan fingerprint density at radius 1 is 1.12 bits per heavy atom. The average molecular weight is 450 g/mol. The van der Waals surface area contributed by atoms with Gasteiger partial charge in [0.25, 0.3) is 11.8 Å². The summed E-state index contributed by atoms with van der Waals surface area (Å²) in [6.07, 6.45) is 2.37. The van der Waals surface area contributed by atoms with Gasteiger partial charge in [-0.25, -0.2) is 0 Å². The van der Waals surface area contributed by atoms with Crippen LogP contribution in [0.25, 0.3) is 0 Å². The summed E-state index contributed by atoms with van der Waals surface area (Å²) in [6, 6.07) is 14.1. The standard InChI is InChI=1S/C26H31N3O4/c1-18(2)33-16-8-14-27-24(30)20-10-4-3-9-19(20)17-29-22-12-6-5-11-21(22)25(31)28-15-7-13-23(28)26(29)32/h3-6,9-12,18,23H,7-8,13-17H2,1-2H3,(H,27,30)/t23-/m0/s1. The fourth-order valence-electron chi connectivity index (χ4n) is 4.51. The number of benzene rings is 2. The van der Waals surface area contributed by atoms with E-state index in [1.807, 2.05) is 50.2 Å². The van der Waals surface area contributed by atoms with Crippen LogP contribution in [0.1, 0.15) is 59.4 Å². The number of anilines is 1. The summed E-state index contributed by atoms with van der Waals surface area (Å²) in [5.74, 6) is -0.366. The number of nitrogens with one attached hydrogen (secondary N) is 1. The minimum atomic E-state index is -0.452. The molecule has 2 aromatic carbocycles. The molecular weight excluding hydrogens is 418 g/mol. The molecule has 0 unspecified atom stereocenters. The van der Waals surface area contributed by atoms with Crippen LogP contribution < -0.4 is 10.2 Å². The number of carbonyl (C=O) groups excluding carboxylic acids is 3. The van der Waals surface area contributed by atoms with Crippen LogP contribution in [0, 0.1) is 0 Å². The maximum absolute atomic E-state index is 13.5. The molecule has 3 amide bonds. The van der Waals surface area contributed by atoms with E-state index in [1.54, 1.807) is 21.9 Å². The highest BCUT2D eigenvalue weighted by atomic mass is 16.5. The van der Waals surface area contributed by atoms with Crippen LogP contribution in [-0.2, 0) is 16.1 Å². The van der Waals surface area contributed by atoms with Crippen LogP contribution in [0.4, 0.5) is 5.69 Å². The van der Waals surface area contributed by atoms with Gasteiger partial charge in [-0.05, 0) is 56.9 Å². The van der Waals surface area contributed by atoms with Crippen molar-refractivity contribution < 1.29 is 19.1 Å². The van der Waals surface area contributed by atoms with Crippen molar-refractivity contribution >= 4 is 23.4 Å². The highest BCUT2D eigenvalue weighted by Crippen LogP contribution is 2.33. The SMILES string of the molecule is CC(C)OCCCNC(=O)c1ccccc1CN1C(=O)[C@@H]2CCCN2C(=O)c2ccccc21. The molecule has 0 aliphatic carbocycles. The van der Waals surface area contributed by atoms with Crippen molar-refractivity contribution in [3.8, 4) is 0 Å². The molecule has 174 valence electrons. The lowest BCUT2D eigenvalue weighted by Crippen LogP contribution is -2.44. The van der Waals surface area contributed by atoms with Crippen LogP contribution in [0.3, 0.4) is 0 Å². The fourth-order valence-corrected chi connectivity index (χ4v) is 4.51. The Morgan fingerprint density at radius 3 is 2.70 bits per heavy atom.